The fraction of sp³-hybridized carbons (Fsp3) is 0.591. The van der Waals surface area contributed by atoms with Crippen LogP contribution < -0.4 is 31.9 Å². The van der Waals surface area contributed by atoms with Crippen LogP contribution in [0.1, 0.15) is 113 Å². The van der Waals surface area contributed by atoms with Gasteiger partial charge < -0.3 is 41.7 Å². The molecule has 0 spiro atoms. The predicted octanol–water partition coefficient (Wildman–Crippen LogP) is 2.55. The van der Waals surface area contributed by atoms with E-state index in [0.717, 1.165) is 60.8 Å². The van der Waals surface area contributed by atoms with Crippen molar-refractivity contribution in [1.29, 1.82) is 0 Å². The Morgan fingerprint density at radius 2 is 1.02 bits per heavy atom. The molecule has 0 aromatic heterocycles. The van der Waals surface area contributed by atoms with E-state index in [2.05, 4.69) is 56.2 Å². The smallest absolute Gasteiger partial charge is 0.245 e. The van der Waals surface area contributed by atoms with Gasteiger partial charge in [-0.05, 0) is 126 Å². The van der Waals surface area contributed by atoms with Gasteiger partial charge in [-0.15, -0.1) is 0 Å². The summed E-state index contributed by atoms with van der Waals surface area (Å²) < 4.78 is 0. The highest BCUT2D eigenvalue weighted by atomic mass is 16.2. The monoisotopic (exact) mass is 798 g/mol. The zero-order valence-corrected chi connectivity index (χ0v) is 34.9. The molecule has 0 bridgehead atoms. The standard InChI is InChI=1S/C44H62N8O6/c1-7-33(47-39(53)25(3)45-5)43(57)51-23-11-17-37(51)41(55)49-35-21-19-29-27(13-9-15-31(29)35)28-14-10-16-32-30(28)20-22-36(32)50-42(56)38-18-12-24-52(38)44(58)34(8-2)48-40(54)26(4)46-6/h9-10,13-16,25-26,33-38,45-46H,7-8,11-12,17-24H2,1-6H3,(H,47,53)(H,48,54)(H,49,55)(H,50,56)/t25-,26-,33-,34-,35+,36+,37-,38-/m0/s1. The number of hydrogen-bond donors (Lipinski definition) is 6. The summed E-state index contributed by atoms with van der Waals surface area (Å²) in [4.78, 5) is 83.3. The highest BCUT2D eigenvalue weighted by Crippen LogP contribution is 2.43. The molecule has 2 heterocycles. The van der Waals surface area contributed by atoms with Crippen LogP contribution in [0.4, 0.5) is 0 Å². The lowest BCUT2D eigenvalue weighted by atomic mass is 9.91. The van der Waals surface area contributed by atoms with Crippen LogP contribution in [0.3, 0.4) is 0 Å². The molecule has 2 aromatic rings. The molecule has 314 valence electrons. The van der Waals surface area contributed by atoms with Crippen molar-refractivity contribution < 1.29 is 28.8 Å². The topological polar surface area (TPSA) is 181 Å². The van der Waals surface area contributed by atoms with Gasteiger partial charge >= 0.3 is 0 Å². The molecular weight excluding hydrogens is 737 g/mol. The van der Waals surface area contributed by atoms with Crippen LogP contribution in [0.5, 0.6) is 0 Å². The molecule has 6 amide bonds. The average Bonchev–Trinajstić information content (AvgIpc) is 4.07. The zero-order valence-electron chi connectivity index (χ0n) is 34.9. The van der Waals surface area contributed by atoms with Gasteiger partial charge in [-0.3, -0.25) is 28.8 Å². The van der Waals surface area contributed by atoms with E-state index in [1.54, 1.807) is 37.7 Å². The lowest BCUT2D eigenvalue weighted by Gasteiger charge is -2.29. The molecule has 4 aliphatic rings. The van der Waals surface area contributed by atoms with Gasteiger partial charge in [0.05, 0.1) is 24.2 Å². The fourth-order valence-electron chi connectivity index (χ4n) is 9.19. The minimum atomic E-state index is -0.694. The molecule has 14 heteroatoms. The molecule has 2 fully saturated rings. The van der Waals surface area contributed by atoms with Crippen molar-refractivity contribution >= 4 is 35.4 Å². The second-order valence-corrected chi connectivity index (χ2v) is 16.3. The van der Waals surface area contributed by atoms with E-state index in [1.165, 1.54) is 11.1 Å². The molecule has 2 aromatic carbocycles. The molecule has 6 N–H and O–H groups in total. The Labute approximate surface area is 342 Å². The van der Waals surface area contributed by atoms with E-state index in [-0.39, 0.29) is 47.5 Å². The maximum Gasteiger partial charge on any atom is 0.245 e. The van der Waals surface area contributed by atoms with Crippen LogP contribution in [0, 0.1) is 0 Å². The number of likely N-dealkylation sites (N-methyl/N-ethyl adjacent to an activating group) is 2. The van der Waals surface area contributed by atoms with Crippen LogP contribution in [0.25, 0.3) is 11.1 Å². The maximum absolute atomic E-state index is 13.8. The van der Waals surface area contributed by atoms with Crippen molar-refractivity contribution in [2.24, 2.45) is 0 Å². The van der Waals surface area contributed by atoms with E-state index < -0.39 is 36.3 Å². The molecule has 6 rings (SSSR count). The van der Waals surface area contributed by atoms with Gasteiger partial charge in [0.2, 0.25) is 35.4 Å². The zero-order chi connectivity index (χ0) is 41.7. The van der Waals surface area contributed by atoms with E-state index in [9.17, 15) is 28.8 Å². The van der Waals surface area contributed by atoms with Crippen LogP contribution in [0.2, 0.25) is 0 Å². The number of carbonyl (C=O) groups is 6. The Bertz CT molecular complexity index is 1750. The van der Waals surface area contributed by atoms with Crippen LogP contribution in [-0.2, 0) is 41.6 Å². The van der Waals surface area contributed by atoms with Gasteiger partial charge in [0, 0.05) is 13.1 Å². The minimum Gasteiger partial charge on any atom is -0.347 e. The Kier molecular flexibility index (Phi) is 13.9. The first-order valence-corrected chi connectivity index (χ1v) is 21.3. The van der Waals surface area contributed by atoms with E-state index >= 15 is 0 Å². The average molecular weight is 799 g/mol. The molecule has 14 nitrogen and oxygen atoms in total. The third-order valence-electron chi connectivity index (χ3n) is 12.8. The van der Waals surface area contributed by atoms with Gasteiger partial charge in [0.25, 0.3) is 0 Å². The molecule has 2 aliphatic heterocycles. The lowest BCUT2D eigenvalue weighted by Crippen LogP contribution is -2.55. The van der Waals surface area contributed by atoms with Crippen LogP contribution in [0.15, 0.2) is 36.4 Å². The molecule has 2 saturated heterocycles. The number of likely N-dealkylation sites (tertiary alicyclic amines) is 2. The Balaban J connectivity index is 1.13. The molecule has 8 atom stereocenters. The summed E-state index contributed by atoms with van der Waals surface area (Å²) in [6, 6.07) is 8.69. The number of nitrogens with zero attached hydrogens (tertiary/aromatic N) is 2. The number of benzene rings is 2. The van der Waals surface area contributed by atoms with E-state index in [1.807, 2.05) is 26.0 Å². The first-order valence-electron chi connectivity index (χ1n) is 21.3. The number of rotatable bonds is 15. The molecule has 58 heavy (non-hydrogen) atoms. The Morgan fingerprint density at radius 1 is 0.621 bits per heavy atom. The minimum absolute atomic E-state index is 0.168. The fourth-order valence-corrected chi connectivity index (χ4v) is 9.19. The van der Waals surface area contributed by atoms with Crippen molar-refractivity contribution in [3.8, 4) is 11.1 Å². The van der Waals surface area contributed by atoms with Crippen molar-refractivity contribution in [1.82, 2.24) is 41.7 Å². The second kappa shape index (κ2) is 18.8. The molecule has 0 saturated carbocycles. The second-order valence-electron chi connectivity index (χ2n) is 16.3. The predicted molar refractivity (Wildman–Crippen MR) is 221 cm³/mol. The maximum atomic E-state index is 13.8. The van der Waals surface area contributed by atoms with Crippen molar-refractivity contribution in [2.45, 2.75) is 140 Å². The summed E-state index contributed by atoms with van der Waals surface area (Å²) in [7, 11) is 3.39. The van der Waals surface area contributed by atoms with Gasteiger partial charge in [-0.1, -0.05) is 50.2 Å². The highest BCUT2D eigenvalue weighted by Gasteiger charge is 2.41. The van der Waals surface area contributed by atoms with Gasteiger partial charge in [0.15, 0.2) is 0 Å². The van der Waals surface area contributed by atoms with Crippen molar-refractivity contribution in [3.63, 3.8) is 0 Å². The molecule has 0 unspecified atom stereocenters. The quantitative estimate of drug-likeness (QED) is 0.159. The SMILES string of the molecule is CC[C@H](NC(=O)[C@H](C)NC)C(=O)N1CCC[C@H]1C(=O)N[C@@H]1CCc2c(-c3cccc4c3CC[C@H]4NC(=O)[C@@H]3CCCN3C(=O)[C@H](CC)NC(=O)[C@H](C)NC)cccc21. The van der Waals surface area contributed by atoms with Crippen molar-refractivity contribution in [2.75, 3.05) is 27.2 Å². The van der Waals surface area contributed by atoms with E-state index in [0.29, 0.717) is 38.8 Å². The van der Waals surface area contributed by atoms with Crippen LogP contribution in [-0.4, -0.2) is 109 Å². The summed E-state index contributed by atoms with van der Waals surface area (Å²) in [6.45, 7) is 8.15. The first-order chi connectivity index (χ1) is 27.9. The number of nitrogens with one attached hydrogen (secondary N) is 6. The van der Waals surface area contributed by atoms with Gasteiger partial charge in [0.1, 0.15) is 24.2 Å². The lowest BCUT2D eigenvalue weighted by molar-refractivity contribution is -0.141. The van der Waals surface area contributed by atoms with Crippen molar-refractivity contribution in [3.05, 3.63) is 58.7 Å². The molecule has 2 aliphatic carbocycles. The summed E-state index contributed by atoms with van der Waals surface area (Å²) >= 11 is 0. The summed E-state index contributed by atoms with van der Waals surface area (Å²) in [5.41, 5.74) is 6.80. The largest absolute Gasteiger partial charge is 0.347 e. The highest BCUT2D eigenvalue weighted by molar-refractivity contribution is 5.95. The summed E-state index contributed by atoms with van der Waals surface area (Å²) in [6.07, 6.45) is 6.53. The molecular formula is C44H62N8O6. The van der Waals surface area contributed by atoms with E-state index in [4.69, 9.17) is 0 Å². The number of hydrogen-bond acceptors (Lipinski definition) is 8. The number of amides is 6. The van der Waals surface area contributed by atoms with Gasteiger partial charge in [-0.25, -0.2) is 0 Å². The Morgan fingerprint density at radius 3 is 1.38 bits per heavy atom. The Hall–Kier alpha value is -4.82. The first kappa shape index (κ1) is 42.8. The number of fused-ring (bicyclic) bond motifs is 2. The summed E-state index contributed by atoms with van der Waals surface area (Å²) in [5.74, 6) is -1.28. The summed E-state index contributed by atoms with van der Waals surface area (Å²) in [5, 5.41) is 18.1. The normalized spacial score (nSPS) is 23.0. The number of carbonyl (C=O) groups excluding carboxylic acids is 6. The van der Waals surface area contributed by atoms with Crippen LogP contribution >= 0.6 is 0 Å². The molecule has 0 radical (unpaired) electrons. The third kappa shape index (κ3) is 8.78. The van der Waals surface area contributed by atoms with Gasteiger partial charge in [-0.2, -0.15) is 0 Å². The third-order valence-corrected chi connectivity index (χ3v) is 12.8.